The fourth-order valence-electron chi connectivity index (χ4n) is 1.61. The molecule has 2 N–H and O–H groups in total. The quantitative estimate of drug-likeness (QED) is 0.758. The topological polar surface area (TPSA) is 75.6 Å². The van der Waals surface area contributed by atoms with Crippen LogP contribution in [0, 0.1) is 18.8 Å². The van der Waals surface area contributed by atoms with Crippen LogP contribution in [0.1, 0.15) is 11.1 Å². The number of nitrogens with zero attached hydrogens (tertiary/aromatic N) is 3. The Balaban J connectivity index is 0.00000103. The van der Waals surface area contributed by atoms with Crippen LogP contribution >= 0.6 is 0 Å². The molecule has 0 aliphatic rings. The van der Waals surface area contributed by atoms with Crippen LogP contribution in [0.3, 0.4) is 0 Å². The van der Waals surface area contributed by atoms with Crippen molar-refractivity contribution < 1.29 is 19.8 Å². The summed E-state index contributed by atoms with van der Waals surface area (Å²) in [5, 5.41) is 6.25. The predicted molar refractivity (Wildman–Crippen MR) is 69.9 cm³/mol. The van der Waals surface area contributed by atoms with E-state index in [1.54, 1.807) is 0 Å². The van der Waals surface area contributed by atoms with Gasteiger partial charge >= 0.3 is 19.8 Å². The van der Waals surface area contributed by atoms with Crippen LogP contribution in [0.5, 0.6) is 0 Å². The molecule has 2 aromatic heterocycles. The van der Waals surface area contributed by atoms with Crippen molar-refractivity contribution in [2.24, 2.45) is 5.73 Å². The van der Waals surface area contributed by atoms with Gasteiger partial charge in [0.25, 0.3) is 0 Å². The van der Waals surface area contributed by atoms with Gasteiger partial charge in [0.15, 0.2) is 0 Å². The molecule has 4 nitrogen and oxygen atoms in total. The predicted octanol–water partition coefficient (Wildman–Crippen LogP) is 2.05. The molecule has 5 heteroatoms. The zero-order chi connectivity index (χ0) is 13.4. The minimum Gasteiger partial charge on any atom is -0.512 e. The molecule has 0 radical (unpaired) electrons. The minimum atomic E-state index is 0. The van der Waals surface area contributed by atoms with Gasteiger partial charge in [-0.2, -0.15) is 0 Å². The first-order chi connectivity index (χ1) is 8.79. The molecule has 2 heterocycles. The molecule has 19 heavy (non-hydrogen) atoms. The first-order valence-corrected chi connectivity index (χ1v) is 5.60. The zero-order valence-electron chi connectivity index (χ0n) is 10.7. The van der Waals surface area contributed by atoms with E-state index in [-0.39, 0.29) is 19.8 Å². The molecule has 0 aliphatic carbocycles. The van der Waals surface area contributed by atoms with Crippen LogP contribution in [-0.2, 0) is 26.2 Å². The van der Waals surface area contributed by atoms with E-state index in [2.05, 4.69) is 23.0 Å². The van der Waals surface area contributed by atoms with Gasteiger partial charge in [0.05, 0.1) is 11.4 Å². The van der Waals surface area contributed by atoms with Crippen molar-refractivity contribution in [3.05, 3.63) is 54.4 Å². The van der Waals surface area contributed by atoms with Crippen molar-refractivity contribution in [2.45, 2.75) is 13.3 Å². The first kappa shape index (κ1) is 17.4. The Bertz CT molecular complexity index is 526. The van der Waals surface area contributed by atoms with E-state index >= 15 is 0 Å². The normalized spacial score (nSPS) is 8.84. The van der Waals surface area contributed by atoms with E-state index in [4.69, 9.17) is 17.6 Å². The van der Waals surface area contributed by atoms with Crippen LogP contribution in [-0.4, -0.2) is 16.5 Å². The van der Waals surface area contributed by atoms with E-state index in [1.165, 1.54) is 11.1 Å². The van der Waals surface area contributed by atoms with Crippen LogP contribution in [0.15, 0.2) is 36.7 Å². The van der Waals surface area contributed by atoms with Crippen molar-refractivity contribution in [2.75, 3.05) is 6.54 Å². The summed E-state index contributed by atoms with van der Waals surface area (Å²) in [4.78, 5) is 8.65. The fourth-order valence-corrected chi connectivity index (χ4v) is 1.61. The summed E-state index contributed by atoms with van der Waals surface area (Å²) in [6.45, 7) is 7.46. The molecule has 0 saturated heterocycles. The average Bonchev–Trinajstić information content (AvgIpc) is 2.42. The standard InChI is InChI=1S/C13H15N3.CN.Os/c1-10-3-6-15-12(8-10)13-9-11(2-5-14)4-7-16-13;1-2;/h3-4,6-9H,2,5,14H2,1H3;;/q;-1;+4. The van der Waals surface area contributed by atoms with Crippen LogP contribution in [0.2, 0.25) is 0 Å². The molecular weight excluding hydrogens is 414 g/mol. The van der Waals surface area contributed by atoms with Crippen molar-refractivity contribution in [3.8, 4) is 11.4 Å². The molecule has 0 saturated carbocycles. The number of aryl methyl sites for hydroxylation is 1. The molecular formula is C14H15N4Os+3. The van der Waals surface area contributed by atoms with Crippen LogP contribution < -0.4 is 5.73 Å². The molecule has 0 amide bonds. The second kappa shape index (κ2) is 9.33. The van der Waals surface area contributed by atoms with Crippen LogP contribution in [0.4, 0.5) is 0 Å². The van der Waals surface area contributed by atoms with E-state index in [1.807, 2.05) is 30.6 Å². The number of hydrogen-bond acceptors (Lipinski definition) is 4. The summed E-state index contributed by atoms with van der Waals surface area (Å²) in [5.74, 6) is 0. The summed E-state index contributed by atoms with van der Waals surface area (Å²) in [6, 6.07) is 8.06. The van der Waals surface area contributed by atoms with Crippen molar-refractivity contribution in [1.82, 2.24) is 9.97 Å². The maximum atomic E-state index is 6.25. The maximum Gasteiger partial charge on any atom is 4.00 e. The van der Waals surface area contributed by atoms with Crippen molar-refractivity contribution in [1.29, 1.82) is 5.26 Å². The van der Waals surface area contributed by atoms with Crippen molar-refractivity contribution >= 4 is 0 Å². The Hall–Kier alpha value is -1.61. The van der Waals surface area contributed by atoms with Gasteiger partial charge in [-0.25, -0.2) is 0 Å². The maximum absolute atomic E-state index is 6.25. The van der Waals surface area contributed by atoms with E-state index in [9.17, 15) is 0 Å². The van der Waals surface area contributed by atoms with E-state index < -0.39 is 0 Å². The third kappa shape index (κ3) is 5.26. The third-order valence-corrected chi connectivity index (χ3v) is 2.44. The number of pyridine rings is 2. The van der Waals surface area contributed by atoms with Gasteiger partial charge in [0.2, 0.25) is 0 Å². The molecule has 2 rings (SSSR count). The summed E-state index contributed by atoms with van der Waals surface area (Å²) >= 11 is 0. The summed E-state index contributed by atoms with van der Waals surface area (Å²) in [7, 11) is 0. The number of hydrogen-bond donors (Lipinski definition) is 1. The molecule has 0 unspecified atom stereocenters. The summed E-state index contributed by atoms with van der Waals surface area (Å²) < 4.78 is 0. The molecule has 0 fully saturated rings. The minimum absolute atomic E-state index is 0. The monoisotopic (exact) mass is 431 g/mol. The number of nitrogens with two attached hydrogens (primary N) is 1. The second-order valence-electron chi connectivity index (χ2n) is 3.81. The Morgan fingerprint density at radius 1 is 1.11 bits per heavy atom. The largest absolute Gasteiger partial charge is 4.00 e. The van der Waals surface area contributed by atoms with Crippen molar-refractivity contribution in [3.63, 3.8) is 0 Å². The number of aromatic nitrogens is 2. The smallest absolute Gasteiger partial charge is 0.512 e. The van der Waals surface area contributed by atoms with Gasteiger partial charge in [0.1, 0.15) is 0 Å². The number of rotatable bonds is 3. The van der Waals surface area contributed by atoms with Crippen LogP contribution in [0.25, 0.3) is 11.4 Å². The SMILES string of the molecule is Cc1ccnc(-c2cc(CCN)ccn2)c1.[C-]#N.[Os+4]. The molecule has 0 aromatic carbocycles. The molecule has 2 aromatic rings. The van der Waals surface area contributed by atoms with Gasteiger partial charge in [0, 0.05) is 12.4 Å². The van der Waals surface area contributed by atoms with Gasteiger partial charge in [-0.15, -0.1) is 0 Å². The summed E-state index contributed by atoms with van der Waals surface area (Å²) in [5.41, 5.74) is 9.76. The van der Waals surface area contributed by atoms with E-state index in [0.717, 1.165) is 17.8 Å². The van der Waals surface area contributed by atoms with Gasteiger partial charge < -0.3 is 17.6 Å². The average molecular weight is 430 g/mol. The van der Waals surface area contributed by atoms with Gasteiger partial charge in [-0.1, -0.05) is 0 Å². The van der Waals surface area contributed by atoms with Gasteiger partial charge in [-0.3, -0.25) is 9.97 Å². The fraction of sp³-hybridized carbons (Fsp3) is 0.214. The third-order valence-electron chi connectivity index (χ3n) is 2.44. The zero-order valence-corrected chi connectivity index (χ0v) is 13.2. The van der Waals surface area contributed by atoms with E-state index in [0.29, 0.717) is 6.54 Å². The Labute approximate surface area is 126 Å². The molecule has 96 valence electrons. The first-order valence-electron chi connectivity index (χ1n) is 5.60. The molecule has 0 bridgehead atoms. The van der Waals surface area contributed by atoms with Gasteiger partial charge in [-0.05, 0) is 55.3 Å². The Kier molecular flexibility index (Phi) is 8.54. The Morgan fingerprint density at radius 2 is 1.68 bits per heavy atom. The Morgan fingerprint density at radius 3 is 2.26 bits per heavy atom. The summed E-state index contributed by atoms with van der Waals surface area (Å²) in [6.07, 6.45) is 4.49. The second-order valence-corrected chi connectivity index (χ2v) is 3.81. The molecule has 0 aliphatic heterocycles. The molecule has 0 atom stereocenters. The molecule has 0 spiro atoms.